The number of pyridine rings is 1. The van der Waals surface area contributed by atoms with Crippen LogP contribution in [-0.2, 0) is 6.61 Å². The van der Waals surface area contributed by atoms with E-state index in [9.17, 15) is 0 Å². The molecule has 0 aliphatic heterocycles. The van der Waals surface area contributed by atoms with Crippen molar-refractivity contribution >= 4 is 5.57 Å². The third kappa shape index (κ3) is 2.41. The Balaban J connectivity index is 3.00. The van der Waals surface area contributed by atoms with Gasteiger partial charge in [-0.15, -0.1) is 0 Å². The van der Waals surface area contributed by atoms with E-state index >= 15 is 0 Å². The zero-order valence-electron chi connectivity index (χ0n) is 7.98. The average molecular weight is 187 g/mol. The Morgan fingerprint density at radius 3 is 2.64 bits per heavy atom. The highest BCUT2D eigenvalue weighted by molar-refractivity contribution is 5.72. The van der Waals surface area contributed by atoms with Gasteiger partial charge in [-0.05, 0) is 17.2 Å². The number of aliphatic hydroxyl groups is 1. The second kappa shape index (κ2) is 5.14. The number of aliphatic hydroxyl groups excluding tert-OH is 1. The minimum atomic E-state index is 0.0157. The molecule has 0 aromatic carbocycles. The lowest BCUT2D eigenvalue weighted by molar-refractivity contribution is 0.281. The van der Waals surface area contributed by atoms with E-state index < -0.39 is 0 Å². The van der Waals surface area contributed by atoms with Gasteiger partial charge in [-0.2, -0.15) is 0 Å². The molecule has 0 saturated heterocycles. The molecule has 14 heavy (non-hydrogen) atoms. The third-order valence-corrected chi connectivity index (χ3v) is 1.82. The minimum absolute atomic E-state index is 0.0157. The van der Waals surface area contributed by atoms with E-state index in [1.165, 1.54) is 0 Å². The standard InChI is InChI=1S/C12H13NO/c1-3-5-11(4-2)12-7-6-10(9-14)8-13-12/h3-8,14H,1-2,9H2/b11-5+. The Bertz CT molecular complexity index is 349. The van der Waals surface area contributed by atoms with Crippen LogP contribution in [-0.4, -0.2) is 10.1 Å². The Morgan fingerprint density at radius 1 is 1.43 bits per heavy atom. The topological polar surface area (TPSA) is 33.1 Å². The van der Waals surface area contributed by atoms with Crippen LogP contribution >= 0.6 is 0 Å². The lowest BCUT2D eigenvalue weighted by Gasteiger charge is -2.01. The van der Waals surface area contributed by atoms with Crippen LogP contribution < -0.4 is 0 Å². The molecule has 0 radical (unpaired) electrons. The largest absolute Gasteiger partial charge is 0.392 e. The molecule has 0 fully saturated rings. The summed E-state index contributed by atoms with van der Waals surface area (Å²) in [6.45, 7) is 7.32. The molecular weight excluding hydrogens is 174 g/mol. The molecule has 0 bridgehead atoms. The van der Waals surface area contributed by atoms with Gasteiger partial charge in [0, 0.05) is 6.20 Å². The van der Waals surface area contributed by atoms with Gasteiger partial charge >= 0.3 is 0 Å². The predicted octanol–water partition coefficient (Wildman–Crippen LogP) is 2.33. The smallest absolute Gasteiger partial charge is 0.0701 e. The fourth-order valence-corrected chi connectivity index (χ4v) is 1.07. The molecule has 0 amide bonds. The lowest BCUT2D eigenvalue weighted by atomic mass is 10.1. The Labute approximate surface area is 83.9 Å². The molecule has 0 spiro atoms. The summed E-state index contributed by atoms with van der Waals surface area (Å²) in [5.41, 5.74) is 2.55. The summed E-state index contributed by atoms with van der Waals surface area (Å²) in [6.07, 6.45) is 6.91. The summed E-state index contributed by atoms with van der Waals surface area (Å²) in [5, 5.41) is 8.84. The average Bonchev–Trinajstić information content (AvgIpc) is 2.26. The molecular formula is C12H13NO. The van der Waals surface area contributed by atoms with Crippen molar-refractivity contribution in [2.75, 3.05) is 0 Å². The van der Waals surface area contributed by atoms with Crippen molar-refractivity contribution in [2.24, 2.45) is 0 Å². The number of nitrogens with zero attached hydrogens (tertiary/aromatic N) is 1. The van der Waals surface area contributed by atoms with E-state index in [2.05, 4.69) is 18.1 Å². The Morgan fingerprint density at radius 2 is 2.21 bits per heavy atom. The summed E-state index contributed by atoms with van der Waals surface area (Å²) < 4.78 is 0. The zero-order chi connectivity index (χ0) is 10.4. The maximum atomic E-state index is 8.84. The quantitative estimate of drug-likeness (QED) is 0.734. The van der Waals surface area contributed by atoms with Gasteiger partial charge in [0.25, 0.3) is 0 Å². The summed E-state index contributed by atoms with van der Waals surface area (Å²) in [5.74, 6) is 0. The van der Waals surface area contributed by atoms with Crippen molar-refractivity contribution in [3.63, 3.8) is 0 Å². The predicted molar refractivity (Wildman–Crippen MR) is 58.5 cm³/mol. The van der Waals surface area contributed by atoms with Crippen molar-refractivity contribution in [3.8, 4) is 0 Å². The lowest BCUT2D eigenvalue weighted by Crippen LogP contribution is -1.89. The van der Waals surface area contributed by atoms with Crippen molar-refractivity contribution < 1.29 is 5.11 Å². The van der Waals surface area contributed by atoms with E-state index in [0.717, 1.165) is 16.8 Å². The fraction of sp³-hybridized carbons (Fsp3) is 0.0833. The van der Waals surface area contributed by atoms with Gasteiger partial charge in [0.2, 0.25) is 0 Å². The molecule has 0 aliphatic carbocycles. The SMILES string of the molecule is C=C/C=C(\C=C)c1ccc(CO)cn1. The van der Waals surface area contributed by atoms with E-state index in [0.29, 0.717) is 0 Å². The maximum Gasteiger partial charge on any atom is 0.0701 e. The van der Waals surface area contributed by atoms with Crippen molar-refractivity contribution in [1.82, 2.24) is 4.98 Å². The van der Waals surface area contributed by atoms with Crippen LogP contribution in [0.5, 0.6) is 0 Å². The first kappa shape index (κ1) is 10.4. The van der Waals surface area contributed by atoms with Crippen molar-refractivity contribution in [3.05, 3.63) is 61.0 Å². The molecule has 2 heteroatoms. The van der Waals surface area contributed by atoms with Gasteiger partial charge in [-0.25, -0.2) is 0 Å². The van der Waals surface area contributed by atoms with Crippen LogP contribution in [0, 0.1) is 0 Å². The highest BCUT2D eigenvalue weighted by Gasteiger charge is 1.97. The summed E-state index contributed by atoms with van der Waals surface area (Å²) in [7, 11) is 0. The van der Waals surface area contributed by atoms with Crippen LogP contribution in [0.25, 0.3) is 5.57 Å². The second-order valence-electron chi connectivity index (χ2n) is 2.77. The first-order valence-corrected chi connectivity index (χ1v) is 4.33. The van der Waals surface area contributed by atoms with Gasteiger partial charge in [0.05, 0.1) is 12.3 Å². The van der Waals surface area contributed by atoms with Gasteiger partial charge in [-0.3, -0.25) is 4.98 Å². The number of aromatic nitrogens is 1. The highest BCUT2D eigenvalue weighted by Crippen LogP contribution is 2.13. The molecule has 0 unspecified atom stereocenters. The van der Waals surface area contributed by atoms with Gasteiger partial charge < -0.3 is 5.11 Å². The van der Waals surface area contributed by atoms with Crippen LogP contribution in [0.4, 0.5) is 0 Å². The fourth-order valence-electron chi connectivity index (χ4n) is 1.07. The second-order valence-corrected chi connectivity index (χ2v) is 2.77. The van der Waals surface area contributed by atoms with E-state index in [4.69, 9.17) is 5.11 Å². The normalized spacial score (nSPS) is 11.1. The van der Waals surface area contributed by atoms with Crippen LogP contribution in [0.3, 0.4) is 0 Å². The van der Waals surface area contributed by atoms with Crippen LogP contribution in [0.1, 0.15) is 11.3 Å². The first-order chi connectivity index (χ1) is 6.81. The number of allylic oxidation sites excluding steroid dienone is 4. The molecule has 1 rings (SSSR count). The Kier molecular flexibility index (Phi) is 3.83. The number of hydrogen-bond acceptors (Lipinski definition) is 2. The number of hydrogen-bond donors (Lipinski definition) is 1. The number of rotatable bonds is 4. The minimum Gasteiger partial charge on any atom is -0.392 e. The van der Waals surface area contributed by atoms with Crippen molar-refractivity contribution in [1.29, 1.82) is 0 Å². The monoisotopic (exact) mass is 187 g/mol. The third-order valence-electron chi connectivity index (χ3n) is 1.82. The summed E-state index contributed by atoms with van der Waals surface area (Å²) in [4.78, 5) is 4.19. The molecule has 1 heterocycles. The molecule has 1 N–H and O–H groups in total. The van der Waals surface area contributed by atoms with E-state index in [1.807, 2.05) is 18.2 Å². The van der Waals surface area contributed by atoms with Crippen LogP contribution in [0.15, 0.2) is 49.7 Å². The van der Waals surface area contributed by atoms with E-state index in [1.54, 1.807) is 18.3 Å². The Hall–Kier alpha value is -1.67. The van der Waals surface area contributed by atoms with Gasteiger partial charge in [0.1, 0.15) is 0 Å². The maximum absolute atomic E-state index is 8.84. The molecule has 72 valence electrons. The molecule has 0 saturated carbocycles. The molecule has 1 aromatic rings. The van der Waals surface area contributed by atoms with Gasteiger partial charge in [-0.1, -0.05) is 37.5 Å². The molecule has 0 aliphatic rings. The molecule has 2 nitrogen and oxygen atoms in total. The van der Waals surface area contributed by atoms with E-state index in [-0.39, 0.29) is 6.61 Å². The molecule has 0 atom stereocenters. The highest BCUT2D eigenvalue weighted by atomic mass is 16.3. The zero-order valence-corrected chi connectivity index (χ0v) is 7.98. The molecule has 1 aromatic heterocycles. The van der Waals surface area contributed by atoms with Crippen LogP contribution in [0.2, 0.25) is 0 Å². The van der Waals surface area contributed by atoms with Gasteiger partial charge in [0.15, 0.2) is 0 Å². The summed E-state index contributed by atoms with van der Waals surface area (Å²) >= 11 is 0. The first-order valence-electron chi connectivity index (χ1n) is 4.33. The summed E-state index contributed by atoms with van der Waals surface area (Å²) in [6, 6.07) is 3.69. The van der Waals surface area contributed by atoms with Crippen molar-refractivity contribution in [2.45, 2.75) is 6.61 Å².